The normalized spacial score (nSPS) is 14.6. The number of hydrogen-bond acceptors (Lipinski definition) is 6. The van der Waals surface area contributed by atoms with Gasteiger partial charge in [-0.15, -0.1) is 0 Å². The fraction of sp³-hybridized carbons (Fsp3) is 0.571. The summed E-state index contributed by atoms with van der Waals surface area (Å²) in [5.41, 5.74) is 1.01. The molecule has 0 bridgehead atoms. The van der Waals surface area contributed by atoms with Crippen LogP contribution in [0.2, 0.25) is 0 Å². The Morgan fingerprint density at radius 1 is 1.25 bits per heavy atom. The topological polar surface area (TPSA) is 82.1 Å². The number of aliphatic hydroxyl groups is 1. The summed E-state index contributed by atoms with van der Waals surface area (Å²) < 4.78 is 29.7. The Morgan fingerprint density at radius 2 is 1.89 bits per heavy atom. The third kappa shape index (κ3) is 8.17. The Bertz CT molecular complexity index is 718. The van der Waals surface area contributed by atoms with Crippen molar-refractivity contribution in [3.63, 3.8) is 0 Å². The van der Waals surface area contributed by atoms with Crippen molar-refractivity contribution in [1.82, 2.24) is 0 Å². The number of para-hydroxylation sites is 1. The van der Waals surface area contributed by atoms with E-state index in [2.05, 4.69) is 0 Å². The number of carbonyl (C=O) groups is 1. The minimum absolute atomic E-state index is 0.0641. The SMILES string of the molecule is C/C(=C\CCP(=O)(OCOC(=O)C(C)(C)C)Oc1ccccc1C(C)C)CO. The van der Waals surface area contributed by atoms with Crippen LogP contribution >= 0.6 is 7.60 Å². The van der Waals surface area contributed by atoms with Gasteiger partial charge in [-0.25, -0.2) is 4.57 Å². The molecule has 0 aliphatic rings. The molecule has 0 saturated heterocycles. The second-order valence-corrected chi connectivity index (χ2v) is 10.2. The van der Waals surface area contributed by atoms with Crippen LogP contribution in [0.4, 0.5) is 0 Å². The van der Waals surface area contributed by atoms with Crippen LogP contribution in [0.1, 0.15) is 59.4 Å². The number of rotatable bonds is 10. The maximum Gasteiger partial charge on any atom is 0.382 e. The Balaban J connectivity index is 2.95. The number of hydrogen-bond donors (Lipinski definition) is 1. The summed E-state index contributed by atoms with van der Waals surface area (Å²) in [6.07, 6.45) is 2.29. The third-order valence-corrected chi connectivity index (χ3v) is 5.75. The van der Waals surface area contributed by atoms with Crippen LogP contribution < -0.4 is 4.52 Å². The van der Waals surface area contributed by atoms with E-state index >= 15 is 0 Å². The van der Waals surface area contributed by atoms with Gasteiger partial charge in [0.15, 0.2) is 0 Å². The summed E-state index contributed by atoms with van der Waals surface area (Å²) in [5.74, 6) is 0.225. The molecule has 6 nitrogen and oxygen atoms in total. The minimum Gasteiger partial charge on any atom is -0.438 e. The minimum atomic E-state index is -3.59. The molecule has 0 spiro atoms. The first kappa shape index (κ1) is 24.4. The Morgan fingerprint density at radius 3 is 2.46 bits per heavy atom. The van der Waals surface area contributed by atoms with Gasteiger partial charge in [0.1, 0.15) is 5.75 Å². The molecule has 1 unspecified atom stereocenters. The molecule has 0 amide bonds. The smallest absolute Gasteiger partial charge is 0.382 e. The fourth-order valence-corrected chi connectivity index (χ4v) is 3.63. The zero-order valence-corrected chi connectivity index (χ0v) is 18.6. The molecule has 0 aliphatic carbocycles. The molecule has 0 aromatic heterocycles. The van der Waals surface area contributed by atoms with Gasteiger partial charge in [-0.2, -0.15) is 0 Å². The standard InChI is InChI=1S/C21H33O6P/c1-16(2)18-11-7-8-12-19(18)27-28(24,13-9-10-17(3)14-22)26-15-25-20(23)21(4,5)6/h7-8,10-12,16,22H,9,13-15H2,1-6H3/b17-10+. The number of ether oxygens (including phenoxy) is 1. The molecule has 7 heteroatoms. The van der Waals surface area contributed by atoms with Crippen LogP contribution in [0.25, 0.3) is 0 Å². The van der Waals surface area contributed by atoms with Crippen molar-refractivity contribution >= 4 is 13.6 Å². The molecule has 0 fully saturated rings. The number of esters is 1. The first-order chi connectivity index (χ1) is 13.0. The average molecular weight is 412 g/mol. The highest BCUT2D eigenvalue weighted by Gasteiger charge is 2.29. The maximum absolute atomic E-state index is 13.3. The first-order valence-corrected chi connectivity index (χ1v) is 11.2. The molecule has 1 aromatic carbocycles. The molecule has 0 heterocycles. The third-order valence-electron chi connectivity index (χ3n) is 3.98. The van der Waals surface area contributed by atoms with E-state index in [1.54, 1.807) is 45.9 Å². The molecule has 1 rings (SSSR count). The van der Waals surface area contributed by atoms with Gasteiger partial charge in [0.2, 0.25) is 6.79 Å². The van der Waals surface area contributed by atoms with E-state index in [1.807, 2.05) is 26.0 Å². The average Bonchev–Trinajstić information content (AvgIpc) is 2.60. The lowest BCUT2D eigenvalue weighted by molar-refractivity contribution is -0.159. The van der Waals surface area contributed by atoms with Crippen LogP contribution in [0, 0.1) is 5.41 Å². The van der Waals surface area contributed by atoms with Gasteiger partial charge in [0, 0.05) is 0 Å². The van der Waals surface area contributed by atoms with Crippen molar-refractivity contribution in [3.8, 4) is 5.75 Å². The number of benzene rings is 1. The number of aliphatic hydroxyl groups excluding tert-OH is 1. The molecule has 0 radical (unpaired) electrons. The molecule has 1 aromatic rings. The van der Waals surface area contributed by atoms with E-state index < -0.39 is 25.8 Å². The number of allylic oxidation sites excluding steroid dienone is 1. The van der Waals surface area contributed by atoms with Crippen molar-refractivity contribution in [3.05, 3.63) is 41.5 Å². The van der Waals surface area contributed by atoms with Crippen LogP contribution in [-0.2, 0) is 18.6 Å². The van der Waals surface area contributed by atoms with E-state index in [0.717, 1.165) is 11.1 Å². The van der Waals surface area contributed by atoms with Crippen LogP contribution in [0.3, 0.4) is 0 Å². The predicted octanol–water partition coefficient (Wildman–Crippen LogP) is 5.27. The molecular weight excluding hydrogens is 379 g/mol. The van der Waals surface area contributed by atoms with Gasteiger partial charge >= 0.3 is 13.6 Å². The zero-order valence-electron chi connectivity index (χ0n) is 17.7. The largest absolute Gasteiger partial charge is 0.438 e. The highest BCUT2D eigenvalue weighted by atomic mass is 31.2. The van der Waals surface area contributed by atoms with Gasteiger partial charge < -0.3 is 14.4 Å². The van der Waals surface area contributed by atoms with Gasteiger partial charge in [0.25, 0.3) is 0 Å². The quantitative estimate of drug-likeness (QED) is 0.244. The van der Waals surface area contributed by atoms with E-state index in [1.165, 1.54) is 0 Å². The molecule has 28 heavy (non-hydrogen) atoms. The van der Waals surface area contributed by atoms with Crippen LogP contribution in [-0.4, -0.2) is 30.6 Å². The van der Waals surface area contributed by atoms with Gasteiger partial charge in [-0.05, 0) is 51.7 Å². The Labute approximate surface area is 168 Å². The lowest BCUT2D eigenvalue weighted by Gasteiger charge is -2.23. The van der Waals surface area contributed by atoms with Gasteiger partial charge in [-0.3, -0.25) is 9.32 Å². The predicted molar refractivity (Wildman–Crippen MR) is 111 cm³/mol. The highest BCUT2D eigenvalue weighted by molar-refractivity contribution is 7.54. The van der Waals surface area contributed by atoms with Gasteiger partial charge in [-0.1, -0.05) is 43.7 Å². The second-order valence-electron chi connectivity index (χ2n) is 8.04. The molecule has 1 N–H and O–H groups in total. The maximum atomic E-state index is 13.3. The van der Waals surface area contributed by atoms with Crippen LogP contribution in [0.5, 0.6) is 5.75 Å². The monoisotopic (exact) mass is 412 g/mol. The molecular formula is C21H33O6P. The lowest BCUT2D eigenvalue weighted by Crippen LogP contribution is -2.24. The summed E-state index contributed by atoms with van der Waals surface area (Å²) in [6, 6.07) is 7.37. The molecule has 158 valence electrons. The fourth-order valence-electron chi connectivity index (χ4n) is 2.24. The lowest BCUT2D eigenvalue weighted by atomic mass is 9.98. The van der Waals surface area contributed by atoms with Crippen molar-refractivity contribution in [1.29, 1.82) is 0 Å². The molecule has 0 saturated carbocycles. The van der Waals surface area contributed by atoms with Crippen molar-refractivity contribution in [2.45, 2.75) is 53.9 Å². The summed E-state index contributed by atoms with van der Waals surface area (Å²) in [4.78, 5) is 11.9. The molecule has 1 atom stereocenters. The van der Waals surface area contributed by atoms with E-state index in [9.17, 15) is 9.36 Å². The summed E-state index contributed by atoms with van der Waals surface area (Å²) in [7, 11) is -3.59. The summed E-state index contributed by atoms with van der Waals surface area (Å²) in [6.45, 7) is 10.5. The first-order valence-electron chi connectivity index (χ1n) is 9.44. The van der Waals surface area contributed by atoms with Crippen molar-refractivity contribution in [2.75, 3.05) is 19.6 Å². The summed E-state index contributed by atoms with van der Waals surface area (Å²) in [5, 5.41) is 9.12. The van der Waals surface area contributed by atoms with E-state index in [-0.39, 0.29) is 18.7 Å². The van der Waals surface area contributed by atoms with Crippen molar-refractivity contribution < 1.29 is 28.3 Å². The van der Waals surface area contributed by atoms with E-state index in [4.69, 9.17) is 18.9 Å². The van der Waals surface area contributed by atoms with E-state index in [0.29, 0.717) is 12.2 Å². The number of carbonyl (C=O) groups excluding carboxylic acids is 1. The summed E-state index contributed by atoms with van der Waals surface area (Å²) >= 11 is 0. The van der Waals surface area contributed by atoms with Crippen LogP contribution in [0.15, 0.2) is 35.9 Å². The van der Waals surface area contributed by atoms with Crippen molar-refractivity contribution in [2.24, 2.45) is 5.41 Å². The Kier molecular flexibility index (Phi) is 9.42. The highest BCUT2D eigenvalue weighted by Crippen LogP contribution is 2.50. The van der Waals surface area contributed by atoms with Gasteiger partial charge in [0.05, 0.1) is 18.2 Å². The Hall–Kier alpha value is -1.62. The molecule has 0 aliphatic heterocycles. The zero-order chi connectivity index (χ0) is 21.4. The second kappa shape index (κ2) is 10.8.